The highest BCUT2D eigenvalue weighted by atomic mass is 79.9. The number of benzene rings is 1. The number of hydrogen-bond acceptors (Lipinski definition) is 2. The van der Waals surface area contributed by atoms with Crippen LogP contribution in [0.3, 0.4) is 0 Å². The van der Waals surface area contributed by atoms with Gasteiger partial charge in [0.05, 0.1) is 11.9 Å². The van der Waals surface area contributed by atoms with Gasteiger partial charge in [0.1, 0.15) is 5.15 Å². The first-order chi connectivity index (χ1) is 9.72. The molecule has 0 aliphatic heterocycles. The lowest BCUT2D eigenvalue weighted by Gasteiger charge is -2.05. The van der Waals surface area contributed by atoms with Crippen LogP contribution in [0.25, 0.3) is 16.9 Å². The van der Waals surface area contributed by atoms with E-state index in [1.54, 1.807) is 4.52 Å². The molecule has 2 heterocycles. The maximum absolute atomic E-state index is 6.34. The molecule has 4 rings (SSSR count). The van der Waals surface area contributed by atoms with Crippen LogP contribution in [-0.4, -0.2) is 14.6 Å². The molecule has 5 heteroatoms. The van der Waals surface area contributed by atoms with Gasteiger partial charge in [-0.15, -0.1) is 0 Å². The maximum atomic E-state index is 6.34. The fraction of sp³-hybridized carbons (Fsp3) is 0.200. The summed E-state index contributed by atoms with van der Waals surface area (Å²) >= 11 is 9.83. The summed E-state index contributed by atoms with van der Waals surface area (Å²) in [5.74, 6) is 0.605. The van der Waals surface area contributed by atoms with Crippen LogP contribution in [0.15, 0.2) is 41.0 Å². The molecule has 1 aliphatic carbocycles. The zero-order valence-electron chi connectivity index (χ0n) is 10.6. The summed E-state index contributed by atoms with van der Waals surface area (Å²) in [6.45, 7) is 0. The Morgan fingerprint density at radius 2 is 2.10 bits per heavy atom. The zero-order valence-corrected chi connectivity index (χ0v) is 12.9. The molecule has 0 spiro atoms. The summed E-state index contributed by atoms with van der Waals surface area (Å²) in [5.41, 5.74) is 4.02. The molecule has 1 aromatic carbocycles. The average molecular weight is 349 g/mol. The van der Waals surface area contributed by atoms with E-state index in [1.165, 1.54) is 18.4 Å². The SMILES string of the molecule is Clc1cc(-c2cccc(Br)c2)nc2c(C3CC3)cnn12. The third-order valence-electron chi connectivity index (χ3n) is 3.59. The molecule has 2 aromatic heterocycles. The van der Waals surface area contributed by atoms with E-state index in [1.807, 2.05) is 36.5 Å². The van der Waals surface area contributed by atoms with Gasteiger partial charge in [-0.3, -0.25) is 0 Å². The molecule has 0 N–H and O–H groups in total. The van der Waals surface area contributed by atoms with Crippen molar-refractivity contribution >= 4 is 33.2 Å². The van der Waals surface area contributed by atoms with Crippen molar-refractivity contribution < 1.29 is 0 Å². The Morgan fingerprint density at radius 1 is 1.25 bits per heavy atom. The topological polar surface area (TPSA) is 30.2 Å². The molecule has 100 valence electrons. The molecule has 1 aliphatic rings. The molecule has 0 bridgehead atoms. The molecule has 0 unspecified atom stereocenters. The first-order valence-corrected chi connectivity index (χ1v) is 7.69. The molecule has 3 nitrogen and oxygen atoms in total. The minimum Gasteiger partial charge on any atom is -0.228 e. The molecule has 0 atom stereocenters. The van der Waals surface area contributed by atoms with Crippen molar-refractivity contribution in [3.05, 3.63) is 51.7 Å². The van der Waals surface area contributed by atoms with Crippen LogP contribution < -0.4 is 0 Å². The van der Waals surface area contributed by atoms with Gasteiger partial charge < -0.3 is 0 Å². The van der Waals surface area contributed by atoms with Crippen LogP contribution in [0, 0.1) is 0 Å². The molecular formula is C15H11BrClN3. The normalized spacial score (nSPS) is 14.9. The van der Waals surface area contributed by atoms with E-state index in [0.717, 1.165) is 21.4 Å². The van der Waals surface area contributed by atoms with Gasteiger partial charge in [0.2, 0.25) is 0 Å². The lowest BCUT2D eigenvalue weighted by molar-refractivity contribution is 0.941. The quantitative estimate of drug-likeness (QED) is 0.629. The Balaban J connectivity index is 1.94. The summed E-state index contributed by atoms with van der Waals surface area (Å²) in [4.78, 5) is 4.76. The second-order valence-electron chi connectivity index (χ2n) is 5.08. The van der Waals surface area contributed by atoms with Crippen LogP contribution in [0.5, 0.6) is 0 Å². The Labute approximate surface area is 129 Å². The van der Waals surface area contributed by atoms with E-state index in [4.69, 9.17) is 16.6 Å². The number of aromatic nitrogens is 3. The predicted molar refractivity (Wildman–Crippen MR) is 83.1 cm³/mol. The minimum atomic E-state index is 0.594. The monoisotopic (exact) mass is 347 g/mol. The van der Waals surface area contributed by atoms with Crippen LogP contribution >= 0.6 is 27.5 Å². The van der Waals surface area contributed by atoms with Gasteiger partial charge >= 0.3 is 0 Å². The number of nitrogens with zero attached hydrogens (tertiary/aromatic N) is 3. The summed E-state index contributed by atoms with van der Waals surface area (Å²) in [7, 11) is 0. The van der Waals surface area contributed by atoms with Crippen molar-refractivity contribution in [1.82, 2.24) is 14.6 Å². The highest BCUT2D eigenvalue weighted by Gasteiger charge is 2.28. The van der Waals surface area contributed by atoms with Gasteiger partial charge in [-0.05, 0) is 30.9 Å². The predicted octanol–water partition coefficient (Wildman–Crippen LogP) is 4.69. The lowest BCUT2D eigenvalue weighted by atomic mass is 10.1. The molecule has 20 heavy (non-hydrogen) atoms. The number of rotatable bonds is 2. The minimum absolute atomic E-state index is 0.594. The van der Waals surface area contributed by atoms with Crippen LogP contribution in [0.4, 0.5) is 0 Å². The van der Waals surface area contributed by atoms with Crippen molar-refractivity contribution in [3.63, 3.8) is 0 Å². The largest absolute Gasteiger partial charge is 0.228 e. The fourth-order valence-electron chi connectivity index (χ4n) is 2.42. The first-order valence-electron chi connectivity index (χ1n) is 6.52. The first kappa shape index (κ1) is 12.4. The van der Waals surface area contributed by atoms with Gasteiger partial charge in [-0.25, -0.2) is 9.50 Å². The summed E-state index contributed by atoms with van der Waals surface area (Å²) in [6, 6.07) is 9.94. The number of fused-ring (bicyclic) bond motifs is 1. The molecule has 0 saturated heterocycles. The maximum Gasteiger partial charge on any atom is 0.160 e. The second kappa shape index (κ2) is 4.57. The third-order valence-corrected chi connectivity index (χ3v) is 4.36. The fourth-order valence-corrected chi connectivity index (χ4v) is 3.05. The van der Waals surface area contributed by atoms with Gasteiger partial charge in [0.25, 0.3) is 0 Å². The standard InChI is InChI=1S/C15H11BrClN3/c16-11-3-1-2-10(6-11)13-7-14(17)20-15(19-13)12(8-18-20)9-4-5-9/h1-3,6-9H,4-5H2. The van der Waals surface area contributed by atoms with Crippen molar-refractivity contribution in [1.29, 1.82) is 0 Å². The van der Waals surface area contributed by atoms with E-state index in [9.17, 15) is 0 Å². The van der Waals surface area contributed by atoms with Gasteiger partial charge in [-0.2, -0.15) is 5.10 Å². The number of halogens is 2. The Morgan fingerprint density at radius 3 is 2.85 bits per heavy atom. The Hall–Kier alpha value is -1.39. The van der Waals surface area contributed by atoms with Crippen LogP contribution in [0.1, 0.15) is 24.3 Å². The Kier molecular flexibility index (Phi) is 2.82. The van der Waals surface area contributed by atoms with E-state index in [2.05, 4.69) is 21.0 Å². The van der Waals surface area contributed by atoms with Crippen molar-refractivity contribution in [2.24, 2.45) is 0 Å². The second-order valence-corrected chi connectivity index (χ2v) is 6.39. The van der Waals surface area contributed by atoms with Gasteiger partial charge in [0, 0.05) is 21.7 Å². The highest BCUT2D eigenvalue weighted by Crippen LogP contribution is 2.42. The van der Waals surface area contributed by atoms with E-state index in [0.29, 0.717) is 11.1 Å². The molecule has 0 radical (unpaired) electrons. The molecule has 1 saturated carbocycles. The molecule has 0 amide bonds. The smallest absolute Gasteiger partial charge is 0.160 e. The van der Waals surface area contributed by atoms with Crippen molar-refractivity contribution in [3.8, 4) is 11.3 Å². The van der Waals surface area contributed by atoms with Gasteiger partial charge in [0.15, 0.2) is 5.65 Å². The van der Waals surface area contributed by atoms with Crippen molar-refractivity contribution in [2.45, 2.75) is 18.8 Å². The zero-order chi connectivity index (χ0) is 13.7. The van der Waals surface area contributed by atoms with Gasteiger partial charge in [-0.1, -0.05) is 39.7 Å². The third kappa shape index (κ3) is 2.03. The van der Waals surface area contributed by atoms with E-state index in [-0.39, 0.29) is 0 Å². The summed E-state index contributed by atoms with van der Waals surface area (Å²) in [6.07, 6.45) is 4.35. The molecule has 1 fully saturated rings. The lowest BCUT2D eigenvalue weighted by Crippen LogP contribution is -1.95. The van der Waals surface area contributed by atoms with Crippen LogP contribution in [-0.2, 0) is 0 Å². The average Bonchev–Trinajstić information content (AvgIpc) is 3.18. The van der Waals surface area contributed by atoms with E-state index < -0.39 is 0 Å². The van der Waals surface area contributed by atoms with E-state index >= 15 is 0 Å². The number of hydrogen-bond donors (Lipinski definition) is 0. The summed E-state index contributed by atoms with van der Waals surface area (Å²) < 4.78 is 2.75. The summed E-state index contributed by atoms with van der Waals surface area (Å²) in [5, 5.41) is 4.94. The Bertz CT molecular complexity index is 808. The highest BCUT2D eigenvalue weighted by molar-refractivity contribution is 9.10. The molecular weight excluding hydrogens is 338 g/mol. The van der Waals surface area contributed by atoms with Crippen LogP contribution in [0.2, 0.25) is 5.15 Å². The molecule has 3 aromatic rings. The van der Waals surface area contributed by atoms with Crippen molar-refractivity contribution in [2.75, 3.05) is 0 Å².